The normalized spacial score (nSPS) is 15.4. The van der Waals surface area contributed by atoms with E-state index in [1.54, 1.807) is 6.07 Å². The van der Waals surface area contributed by atoms with Gasteiger partial charge in [-0.05, 0) is 63.6 Å². The molecule has 0 saturated heterocycles. The van der Waals surface area contributed by atoms with Gasteiger partial charge in [0.1, 0.15) is 6.29 Å². The maximum absolute atomic E-state index is 10.5. The Morgan fingerprint density at radius 3 is 2.18 bits per heavy atom. The van der Waals surface area contributed by atoms with Crippen LogP contribution in [0.3, 0.4) is 0 Å². The van der Waals surface area contributed by atoms with E-state index >= 15 is 0 Å². The van der Waals surface area contributed by atoms with E-state index in [9.17, 15) is 10.1 Å². The Labute approximate surface area is 196 Å². The van der Waals surface area contributed by atoms with Crippen molar-refractivity contribution in [2.24, 2.45) is 0 Å². The van der Waals surface area contributed by atoms with Gasteiger partial charge in [-0.25, -0.2) is 4.85 Å². The molecule has 8 nitrogen and oxygen atoms in total. The van der Waals surface area contributed by atoms with Gasteiger partial charge in [-0.1, -0.05) is 6.07 Å². The van der Waals surface area contributed by atoms with Crippen molar-refractivity contribution in [2.75, 3.05) is 0 Å². The Kier molecular flexibility index (Phi) is 5.99. The fraction of sp³-hybridized carbons (Fsp3) is 0.192. The van der Waals surface area contributed by atoms with E-state index in [-0.39, 0.29) is 5.92 Å². The summed E-state index contributed by atoms with van der Waals surface area (Å²) in [6.07, 6.45) is 0.839. The second-order valence-electron chi connectivity index (χ2n) is 8.20. The van der Waals surface area contributed by atoms with Crippen molar-refractivity contribution in [1.82, 2.24) is 25.7 Å². The molecule has 168 valence electrons. The second kappa shape index (κ2) is 9.05. The quantitative estimate of drug-likeness (QED) is 0.288. The lowest BCUT2D eigenvalue weighted by Gasteiger charge is -2.26. The summed E-state index contributed by atoms with van der Waals surface area (Å²) in [6, 6.07) is 13.6. The van der Waals surface area contributed by atoms with Crippen molar-refractivity contribution < 1.29 is 4.79 Å². The fourth-order valence-corrected chi connectivity index (χ4v) is 4.17. The summed E-state index contributed by atoms with van der Waals surface area (Å²) in [5, 5.41) is 28.8. The summed E-state index contributed by atoms with van der Waals surface area (Å²) in [5.41, 5.74) is 8.18. The Balaban J connectivity index is 0.000000192. The molecule has 0 amide bonds. The van der Waals surface area contributed by atoms with E-state index in [1.165, 1.54) is 0 Å². The van der Waals surface area contributed by atoms with Crippen LogP contribution in [0.1, 0.15) is 47.1 Å². The first-order valence-electron chi connectivity index (χ1n) is 10.7. The van der Waals surface area contributed by atoms with E-state index in [0.29, 0.717) is 16.8 Å². The smallest absolute Gasteiger partial charge is 0.196 e. The van der Waals surface area contributed by atoms with E-state index in [4.69, 9.17) is 6.57 Å². The van der Waals surface area contributed by atoms with Crippen LogP contribution in [-0.2, 0) is 0 Å². The lowest BCUT2D eigenvalue weighted by molar-refractivity contribution is 0.112. The minimum absolute atomic E-state index is 0.317. The van der Waals surface area contributed by atoms with Gasteiger partial charge in [0.15, 0.2) is 5.70 Å². The third-order valence-corrected chi connectivity index (χ3v) is 5.97. The number of aldehydes is 1. The highest BCUT2D eigenvalue weighted by atomic mass is 16.1. The molecule has 34 heavy (non-hydrogen) atoms. The zero-order valence-corrected chi connectivity index (χ0v) is 19.3. The van der Waals surface area contributed by atoms with Gasteiger partial charge in [0, 0.05) is 39.1 Å². The molecule has 0 bridgehead atoms. The van der Waals surface area contributed by atoms with Crippen molar-refractivity contribution in [3.05, 3.63) is 93.0 Å². The molecule has 1 aliphatic rings. The molecular weight excluding hydrogens is 426 g/mol. The molecule has 2 aromatic heterocycles. The summed E-state index contributed by atoms with van der Waals surface area (Å²) in [7, 11) is 0. The maximum atomic E-state index is 10.5. The van der Waals surface area contributed by atoms with Crippen LogP contribution in [-0.4, -0.2) is 26.7 Å². The monoisotopic (exact) mass is 449 g/mol. The Bertz CT molecular complexity index is 1530. The standard InChI is InChI=1S/C17H15N5.C9H8N2O/c1-9-14(8-18)16(17(19-4)11(3)20-9)12-5-6-15-13(7-12)10(2)21-22-15;1-6-8-4-7(5-12)2-3-9(8)11-10-6/h5-7,16,20H,1-3H3,(H,21,22);2-5H,1H3,(H,10,11). The van der Waals surface area contributed by atoms with E-state index in [2.05, 4.69) is 36.6 Å². The zero-order valence-electron chi connectivity index (χ0n) is 19.3. The molecule has 5 rings (SSSR count). The van der Waals surface area contributed by atoms with Gasteiger partial charge in [-0.15, -0.1) is 0 Å². The number of fused-ring (bicyclic) bond motifs is 2. The van der Waals surface area contributed by atoms with Gasteiger partial charge in [0.05, 0.1) is 35.2 Å². The molecule has 1 aliphatic heterocycles. The number of carbonyl (C=O) groups excluding carboxylic acids is 1. The molecule has 0 spiro atoms. The number of nitrogens with one attached hydrogen (secondary N) is 3. The van der Waals surface area contributed by atoms with Crippen LogP contribution in [0.25, 0.3) is 26.7 Å². The predicted molar refractivity (Wildman–Crippen MR) is 131 cm³/mol. The number of aromatic amines is 2. The van der Waals surface area contributed by atoms with Crippen LogP contribution >= 0.6 is 0 Å². The van der Waals surface area contributed by atoms with Gasteiger partial charge < -0.3 is 5.32 Å². The summed E-state index contributed by atoms with van der Waals surface area (Å²) in [4.78, 5) is 14.1. The highest BCUT2D eigenvalue weighted by molar-refractivity contribution is 5.88. The molecule has 4 aromatic rings. The topological polar surface area (TPSA) is 115 Å². The van der Waals surface area contributed by atoms with Crippen molar-refractivity contribution in [3.63, 3.8) is 0 Å². The molecule has 8 heteroatoms. The number of dihydropyridines is 1. The first kappa shape index (κ1) is 22.5. The molecule has 3 N–H and O–H groups in total. The number of carbonyl (C=O) groups is 1. The van der Waals surface area contributed by atoms with Gasteiger partial charge in [-0.2, -0.15) is 15.5 Å². The van der Waals surface area contributed by atoms with Crippen LogP contribution in [0.2, 0.25) is 0 Å². The third kappa shape index (κ3) is 3.94. The first-order chi connectivity index (χ1) is 16.4. The molecular formula is C26H23N7O. The van der Waals surface area contributed by atoms with Crippen LogP contribution < -0.4 is 5.32 Å². The number of H-pyrrole nitrogens is 2. The summed E-state index contributed by atoms with van der Waals surface area (Å²) in [6.45, 7) is 15.1. The minimum atomic E-state index is -0.317. The van der Waals surface area contributed by atoms with Crippen LogP contribution in [0.15, 0.2) is 59.1 Å². The highest BCUT2D eigenvalue weighted by Crippen LogP contribution is 2.39. The Morgan fingerprint density at radius 1 is 0.971 bits per heavy atom. The van der Waals surface area contributed by atoms with E-state index in [1.807, 2.05) is 58.0 Å². The van der Waals surface area contributed by atoms with E-state index < -0.39 is 0 Å². The van der Waals surface area contributed by atoms with Gasteiger partial charge in [-0.3, -0.25) is 15.0 Å². The molecule has 1 atom stereocenters. The first-order valence-corrected chi connectivity index (χ1v) is 10.7. The van der Waals surface area contributed by atoms with E-state index in [0.717, 1.165) is 56.4 Å². The zero-order chi connectivity index (χ0) is 24.4. The number of aromatic nitrogens is 4. The Morgan fingerprint density at radius 2 is 1.59 bits per heavy atom. The van der Waals surface area contributed by atoms with Gasteiger partial charge >= 0.3 is 0 Å². The van der Waals surface area contributed by atoms with Gasteiger partial charge in [0.25, 0.3) is 0 Å². The molecule has 0 fully saturated rings. The van der Waals surface area contributed by atoms with Crippen LogP contribution in [0, 0.1) is 31.8 Å². The number of benzene rings is 2. The lowest BCUT2D eigenvalue weighted by Crippen LogP contribution is -2.22. The number of hydrogen-bond donors (Lipinski definition) is 3. The predicted octanol–water partition coefficient (Wildman–Crippen LogP) is 5.19. The molecule has 0 radical (unpaired) electrons. The summed E-state index contributed by atoms with van der Waals surface area (Å²) < 4.78 is 0. The van der Waals surface area contributed by atoms with Gasteiger partial charge in [0.2, 0.25) is 0 Å². The van der Waals surface area contributed by atoms with Crippen molar-refractivity contribution >= 4 is 28.1 Å². The largest absolute Gasteiger partial charge is 0.372 e. The second-order valence-corrected chi connectivity index (χ2v) is 8.20. The number of nitrogens with zero attached hydrogens (tertiary/aromatic N) is 4. The van der Waals surface area contributed by atoms with Crippen molar-refractivity contribution in [2.45, 2.75) is 33.6 Å². The highest BCUT2D eigenvalue weighted by Gasteiger charge is 2.30. The number of rotatable bonds is 2. The minimum Gasteiger partial charge on any atom is -0.372 e. The summed E-state index contributed by atoms with van der Waals surface area (Å²) in [5.74, 6) is -0.317. The average Bonchev–Trinajstić information content (AvgIpc) is 3.40. The lowest BCUT2D eigenvalue weighted by atomic mass is 9.84. The van der Waals surface area contributed by atoms with Crippen LogP contribution in [0.4, 0.5) is 0 Å². The number of aryl methyl sites for hydroxylation is 2. The molecule has 2 aromatic carbocycles. The van der Waals surface area contributed by atoms with Crippen molar-refractivity contribution in [1.29, 1.82) is 5.26 Å². The molecule has 0 aliphatic carbocycles. The van der Waals surface area contributed by atoms with Crippen LogP contribution in [0.5, 0.6) is 0 Å². The number of hydrogen-bond acceptors (Lipinski definition) is 5. The molecule has 1 unspecified atom stereocenters. The average molecular weight is 450 g/mol. The Hall–Kier alpha value is -4.69. The summed E-state index contributed by atoms with van der Waals surface area (Å²) >= 11 is 0. The SMILES string of the molecule is Cc1[nH]nc2ccc(C=O)cc12.[C-]#[N+]C1=C(C)NC(C)=C(C#N)C1c1ccc2n[nH]c(C)c2c1. The fourth-order valence-electron chi connectivity index (χ4n) is 4.17. The third-order valence-electron chi connectivity index (χ3n) is 5.97. The molecule has 3 heterocycles. The van der Waals surface area contributed by atoms with Crippen molar-refractivity contribution in [3.8, 4) is 6.07 Å². The molecule has 0 saturated carbocycles. The maximum Gasteiger partial charge on any atom is 0.196 e. The number of nitriles is 1. The number of allylic oxidation sites excluding steroid dienone is 3.